The third-order valence-corrected chi connectivity index (χ3v) is 2.87. The maximum Gasteiger partial charge on any atom is 0.134 e. The van der Waals surface area contributed by atoms with Gasteiger partial charge in [0.15, 0.2) is 0 Å². The molecule has 0 spiro atoms. The summed E-state index contributed by atoms with van der Waals surface area (Å²) in [6.45, 7) is 4.03. The largest absolute Gasteiger partial charge is 0.313 e. The van der Waals surface area contributed by atoms with E-state index in [0.29, 0.717) is 5.16 Å². The molecule has 2 aliphatic rings. The second-order valence-electron chi connectivity index (χ2n) is 3.84. The topological polar surface area (TPSA) is 28.0 Å². The van der Waals surface area contributed by atoms with Crippen LogP contribution in [0.5, 0.6) is 0 Å². The van der Waals surface area contributed by atoms with E-state index in [-0.39, 0.29) is 0 Å². The summed E-state index contributed by atoms with van der Waals surface area (Å²) >= 11 is 5.96. The number of hydrogen-bond donors (Lipinski definition) is 0. The van der Waals surface area contributed by atoms with Gasteiger partial charge in [0.05, 0.1) is 6.54 Å². The number of nitrogens with zero attached hydrogens (tertiary/aromatic N) is 3. The first-order valence-corrected chi connectivity index (χ1v) is 5.96. The molecule has 0 N–H and O–H groups in total. The van der Waals surface area contributed by atoms with Crippen molar-refractivity contribution in [2.75, 3.05) is 13.1 Å². The highest BCUT2D eigenvalue weighted by Crippen LogP contribution is 2.19. The number of rotatable bonds is 4. The maximum atomic E-state index is 5.96. The van der Waals surface area contributed by atoms with E-state index in [1.54, 1.807) is 0 Å². The van der Waals surface area contributed by atoms with Crippen molar-refractivity contribution < 1.29 is 0 Å². The van der Waals surface area contributed by atoms with Gasteiger partial charge in [0.1, 0.15) is 16.8 Å². The molecule has 0 aromatic carbocycles. The molecule has 0 radical (unpaired) electrons. The summed E-state index contributed by atoms with van der Waals surface area (Å²) in [7, 11) is 0. The zero-order valence-electron chi connectivity index (χ0n) is 9.04. The van der Waals surface area contributed by atoms with Gasteiger partial charge in [-0.3, -0.25) is 4.99 Å². The fourth-order valence-electron chi connectivity index (χ4n) is 1.90. The summed E-state index contributed by atoms with van der Waals surface area (Å²) < 4.78 is 0. The second kappa shape index (κ2) is 4.79. The first-order chi connectivity index (χ1) is 7.31. The lowest BCUT2D eigenvalue weighted by Gasteiger charge is -2.23. The zero-order chi connectivity index (χ0) is 10.7. The predicted molar refractivity (Wildman–Crippen MR) is 64.5 cm³/mol. The molecule has 0 aromatic heterocycles. The van der Waals surface area contributed by atoms with Gasteiger partial charge < -0.3 is 4.90 Å². The highest BCUT2D eigenvalue weighted by Gasteiger charge is 2.23. The molecule has 0 saturated heterocycles. The zero-order valence-corrected chi connectivity index (χ0v) is 9.80. The van der Waals surface area contributed by atoms with Crippen LogP contribution in [0.15, 0.2) is 21.2 Å². The summed E-state index contributed by atoms with van der Waals surface area (Å²) in [6.07, 6.45) is 6.52. The summed E-state index contributed by atoms with van der Waals surface area (Å²) in [5, 5.41) is 0.568. The first kappa shape index (κ1) is 10.7. The number of hydrogen-bond acceptors (Lipinski definition) is 3. The van der Waals surface area contributed by atoms with Crippen LogP contribution in [0.1, 0.15) is 32.6 Å². The monoisotopic (exact) mass is 225 g/mol. The summed E-state index contributed by atoms with van der Waals surface area (Å²) in [5.74, 6) is 2.08. The summed E-state index contributed by atoms with van der Waals surface area (Å²) in [6, 6.07) is 0. The molecule has 0 aliphatic carbocycles. The minimum Gasteiger partial charge on any atom is -0.313 e. The Hall–Kier alpha value is -0.830. The van der Waals surface area contributed by atoms with E-state index in [4.69, 9.17) is 11.6 Å². The molecule has 0 fully saturated rings. The number of halogens is 1. The van der Waals surface area contributed by atoms with Crippen molar-refractivity contribution in [3.05, 3.63) is 11.2 Å². The van der Waals surface area contributed by atoms with Crippen LogP contribution in [0.4, 0.5) is 0 Å². The summed E-state index contributed by atoms with van der Waals surface area (Å²) in [5.41, 5.74) is 0. The minimum atomic E-state index is 0.568. The standard InChI is InChI=1S/C11H16ClN3/c1-2-3-4-5-10-14-9(12)8-11-13-6-7-15(10)11/h8H,2-7H2,1H3. The Labute approximate surface area is 95.5 Å². The van der Waals surface area contributed by atoms with E-state index in [1.807, 2.05) is 6.08 Å². The summed E-state index contributed by atoms with van der Waals surface area (Å²) in [4.78, 5) is 11.0. The van der Waals surface area contributed by atoms with Gasteiger partial charge in [0.25, 0.3) is 0 Å². The lowest BCUT2D eigenvalue weighted by Crippen LogP contribution is -2.35. The smallest absolute Gasteiger partial charge is 0.134 e. The van der Waals surface area contributed by atoms with Crippen LogP contribution in [-0.2, 0) is 0 Å². The van der Waals surface area contributed by atoms with Crippen molar-refractivity contribution in [2.24, 2.45) is 9.98 Å². The quantitative estimate of drug-likeness (QED) is 0.534. The number of fused-ring (bicyclic) bond motifs is 1. The fraction of sp³-hybridized carbons (Fsp3) is 0.636. The molecule has 0 saturated carbocycles. The number of amidine groups is 2. The molecule has 15 heavy (non-hydrogen) atoms. The third-order valence-electron chi connectivity index (χ3n) is 2.67. The van der Waals surface area contributed by atoms with Crippen LogP contribution in [0.2, 0.25) is 0 Å². The molecule has 0 unspecified atom stereocenters. The van der Waals surface area contributed by atoms with E-state index in [2.05, 4.69) is 21.8 Å². The van der Waals surface area contributed by atoms with Gasteiger partial charge in [-0.15, -0.1) is 0 Å². The molecule has 2 heterocycles. The highest BCUT2D eigenvalue weighted by molar-refractivity contribution is 6.33. The van der Waals surface area contributed by atoms with Crippen LogP contribution in [-0.4, -0.2) is 29.7 Å². The lowest BCUT2D eigenvalue weighted by molar-refractivity contribution is 0.624. The normalized spacial score (nSPS) is 19.6. The van der Waals surface area contributed by atoms with Gasteiger partial charge >= 0.3 is 0 Å². The molecule has 3 nitrogen and oxygen atoms in total. The third kappa shape index (κ3) is 2.40. The molecule has 2 rings (SSSR count). The van der Waals surface area contributed by atoms with E-state index in [0.717, 1.165) is 31.2 Å². The molecule has 4 heteroatoms. The van der Waals surface area contributed by atoms with E-state index in [9.17, 15) is 0 Å². The van der Waals surface area contributed by atoms with Crippen LogP contribution in [0, 0.1) is 0 Å². The average molecular weight is 226 g/mol. The number of aliphatic imine (C=N–C) groups is 2. The molecule has 0 bridgehead atoms. The van der Waals surface area contributed by atoms with Crippen LogP contribution >= 0.6 is 11.6 Å². The van der Waals surface area contributed by atoms with E-state index >= 15 is 0 Å². The fourth-order valence-corrected chi connectivity index (χ4v) is 2.09. The van der Waals surface area contributed by atoms with Crippen molar-refractivity contribution in [2.45, 2.75) is 32.6 Å². The number of unbranched alkanes of at least 4 members (excludes halogenated alkanes) is 2. The molecular formula is C11H16ClN3. The molecule has 82 valence electrons. The lowest BCUT2D eigenvalue weighted by atomic mass is 10.1. The minimum absolute atomic E-state index is 0.568. The Balaban J connectivity index is 2.03. The Kier molecular flexibility index (Phi) is 3.41. The Morgan fingerprint density at radius 2 is 2.33 bits per heavy atom. The van der Waals surface area contributed by atoms with Gasteiger partial charge in [-0.05, 0) is 6.42 Å². The maximum absolute atomic E-state index is 5.96. The highest BCUT2D eigenvalue weighted by atomic mass is 35.5. The van der Waals surface area contributed by atoms with Crippen molar-refractivity contribution in [1.82, 2.24) is 4.90 Å². The first-order valence-electron chi connectivity index (χ1n) is 5.58. The average Bonchev–Trinajstić information content (AvgIpc) is 2.65. The van der Waals surface area contributed by atoms with E-state index in [1.165, 1.54) is 19.3 Å². The Morgan fingerprint density at radius 1 is 1.47 bits per heavy atom. The van der Waals surface area contributed by atoms with Crippen molar-refractivity contribution >= 4 is 23.3 Å². The second-order valence-corrected chi connectivity index (χ2v) is 4.23. The molecular weight excluding hydrogens is 210 g/mol. The SMILES string of the molecule is CCCCCC1=NC(Cl)=CC2=NCCN21. The Morgan fingerprint density at radius 3 is 3.13 bits per heavy atom. The van der Waals surface area contributed by atoms with Crippen molar-refractivity contribution in [3.8, 4) is 0 Å². The molecule has 0 atom stereocenters. The molecule has 0 aromatic rings. The molecule has 2 aliphatic heterocycles. The van der Waals surface area contributed by atoms with Gasteiger partial charge in [-0.25, -0.2) is 4.99 Å². The Bertz CT molecular complexity index is 331. The van der Waals surface area contributed by atoms with Crippen molar-refractivity contribution in [3.63, 3.8) is 0 Å². The van der Waals surface area contributed by atoms with Gasteiger partial charge in [-0.2, -0.15) is 0 Å². The van der Waals surface area contributed by atoms with E-state index < -0.39 is 0 Å². The van der Waals surface area contributed by atoms with Crippen LogP contribution in [0.3, 0.4) is 0 Å². The van der Waals surface area contributed by atoms with Crippen LogP contribution in [0.25, 0.3) is 0 Å². The van der Waals surface area contributed by atoms with Gasteiger partial charge in [0, 0.05) is 19.0 Å². The van der Waals surface area contributed by atoms with Crippen molar-refractivity contribution in [1.29, 1.82) is 0 Å². The van der Waals surface area contributed by atoms with Gasteiger partial charge in [-0.1, -0.05) is 31.4 Å². The van der Waals surface area contributed by atoms with Crippen LogP contribution < -0.4 is 0 Å². The molecule has 0 amide bonds. The predicted octanol–water partition coefficient (Wildman–Crippen LogP) is 2.77. The van der Waals surface area contributed by atoms with Gasteiger partial charge in [0.2, 0.25) is 0 Å².